The first-order valence-corrected chi connectivity index (χ1v) is 18.1. The van der Waals surface area contributed by atoms with E-state index in [0.29, 0.717) is 0 Å². The van der Waals surface area contributed by atoms with E-state index in [4.69, 9.17) is 0 Å². The molecular formula is C51H39N. The average Bonchev–Trinajstić information content (AvgIpc) is 3.44. The maximum atomic E-state index is 2.45. The zero-order chi connectivity index (χ0) is 35.1. The highest BCUT2D eigenvalue weighted by atomic mass is 15.1. The summed E-state index contributed by atoms with van der Waals surface area (Å²) in [5.41, 5.74) is 18.3. The summed E-state index contributed by atoms with van der Waals surface area (Å²) in [4.78, 5) is 2.45. The van der Waals surface area contributed by atoms with Crippen LogP contribution in [0.15, 0.2) is 200 Å². The van der Waals surface area contributed by atoms with Crippen molar-refractivity contribution >= 4 is 17.1 Å². The lowest BCUT2D eigenvalue weighted by Crippen LogP contribution is -2.15. The molecule has 0 aliphatic heterocycles. The van der Waals surface area contributed by atoms with Crippen molar-refractivity contribution < 1.29 is 0 Å². The van der Waals surface area contributed by atoms with E-state index in [0.717, 1.165) is 17.1 Å². The molecule has 0 heterocycles. The smallest absolute Gasteiger partial charge is 0.0546 e. The largest absolute Gasteiger partial charge is 0.310 e. The highest BCUT2D eigenvalue weighted by molar-refractivity contribution is 5.98. The third kappa shape index (κ3) is 5.52. The van der Waals surface area contributed by atoms with E-state index in [-0.39, 0.29) is 5.41 Å². The predicted octanol–water partition coefficient (Wildman–Crippen LogP) is 14.1. The van der Waals surface area contributed by atoms with Gasteiger partial charge in [0.25, 0.3) is 0 Å². The quantitative estimate of drug-likeness (QED) is 0.164. The average molecular weight is 666 g/mol. The van der Waals surface area contributed by atoms with Crippen LogP contribution in [0.25, 0.3) is 55.6 Å². The number of rotatable bonds is 7. The Bertz CT molecular complexity index is 2500. The number of benzene rings is 8. The second-order valence-electron chi connectivity index (χ2n) is 14.2. The third-order valence-electron chi connectivity index (χ3n) is 10.7. The summed E-state index contributed by atoms with van der Waals surface area (Å²) in [6, 6.07) is 72.8. The monoisotopic (exact) mass is 665 g/mol. The van der Waals surface area contributed by atoms with E-state index < -0.39 is 0 Å². The van der Waals surface area contributed by atoms with Crippen molar-refractivity contribution in [3.63, 3.8) is 0 Å². The number of hydrogen-bond acceptors (Lipinski definition) is 1. The molecule has 1 aliphatic rings. The molecule has 0 aromatic heterocycles. The van der Waals surface area contributed by atoms with Crippen molar-refractivity contribution in [3.8, 4) is 55.6 Å². The zero-order valence-electron chi connectivity index (χ0n) is 29.5. The molecule has 0 radical (unpaired) electrons. The molecule has 0 N–H and O–H groups in total. The second-order valence-corrected chi connectivity index (χ2v) is 14.2. The van der Waals surface area contributed by atoms with Crippen molar-refractivity contribution in [1.29, 1.82) is 0 Å². The molecule has 52 heavy (non-hydrogen) atoms. The van der Waals surface area contributed by atoms with Crippen molar-refractivity contribution in [1.82, 2.24) is 0 Å². The summed E-state index contributed by atoms with van der Waals surface area (Å²) in [6.45, 7) is 4.69. The van der Waals surface area contributed by atoms with Gasteiger partial charge in [-0.15, -0.1) is 0 Å². The Morgan fingerprint density at radius 3 is 1.42 bits per heavy atom. The van der Waals surface area contributed by atoms with Crippen LogP contribution in [0.4, 0.5) is 17.1 Å². The molecule has 1 heteroatoms. The normalized spacial score (nSPS) is 12.6. The molecule has 248 valence electrons. The van der Waals surface area contributed by atoms with Gasteiger partial charge in [-0.2, -0.15) is 0 Å². The molecule has 0 amide bonds. The van der Waals surface area contributed by atoms with Gasteiger partial charge in [0, 0.05) is 22.4 Å². The van der Waals surface area contributed by atoms with Crippen molar-refractivity contribution in [2.45, 2.75) is 19.3 Å². The van der Waals surface area contributed by atoms with E-state index in [1.807, 2.05) is 0 Å². The summed E-state index contributed by atoms with van der Waals surface area (Å²) in [5, 5.41) is 0. The van der Waals surface area contributed by atoms with E-state index in [9.17, 15) is 0 Å². The van der Waals surface area contributed by atoms with Crippen LogP contribution in [0.5, 0.6) is 0 Å². The van der Waals surface area contributed by atoms with Crippen molar-refractivity contribution in [2.75, 3.05) is 4.90 Å². The molecule has 1 aliphatic carbocycles. The first kappa shape index (κ1) is 31.5. The Kier molecular flexibility index (Phi) is 7.90. The Morgan fingerprint density at radius 1 is 0.327 bits per heavy atom. The fourth-order valence-electron chi connectivity index (χ4n) is 8.06. The van der Waals surface area contributed by atoms with Gasteiger partial charge in [-0.1, -0.05) is 184 Å². The van der Waals surface area contributed by atoms with Gasteiger partial charge in [-0.05, 0) is 91.5 Å². The molecule has 0 saturated carbocycles. The topological polar surface area (TPSA) is 3.24 Å². The Morgan fingerprint density at radius 2 is 0.788 bits per heavy atom. The summed E-state index contributed by atoms with van der Waals surface area (Å²) in [6.07, 6.45) is 0. The minimum Gasteiger partial charge on any atom is -0.310 e. The summed E-state index contributed by atoms with van der Waals surface area (Å²) < 4.78 is 0. The van der Waals surface area contributed by atoms with Crippen molar-refractivity contribution in [3.05, 3.63) is 211 Å². The van der Waals surface area contributed by atoms with Gasteiger partial charge in [0.15, 0.2) is 0 Å². The van der Waals surface area contributed by atoms with Crippen LogP contribution in [0.1, 0.15) is 25.0 Å². The van der Waals surface area contributed by atoms with Gasteiger partial charge in [-0.3, -0.25) is 0 Å². The number of nitrogens with zero attached hydrogens (tertiary/aromatic N) is 1. The van der Waals surface area contributed by atoms with Gasteiger partial charge >= 0.3 is 0 Å². The van der Waals surface area contributed by atoms with Gasteiger partial charge in [0.1, 0.15) is 0 Å². The first-order chi connectivity index (χ1) is 25.6. The molecule has 0 unspecified atom stereocenters. The maximum absolute atomic E-state index is 2.45. The van der Waals surface area contributed by atoms with Crippen LogP contribution in [-0.4, -0.2) is 0 Å². The second kappa shape index (κ2) is 13.0. The van der Waals surface area contributed by atoms with E-state index in [1.165, 1.54) is 66.8 Å². The fraction of sp³-hybridized carbons (Fsp3) is 0.0588. The Balaban J connectivity index is 1.27. The fourth-order valence-corrected chi connectivity index (χ4v) is 8.06. The molecule has 8 aromatic carbocycles. The Hall–Kier alpha value is -6.44. The lowest BCUT2D eigenvalue weighted by molar-refractivity contribution is 0.660. The first-order valence-electron chi connectivity index (χ1n) is 18.1. The summed E-state index contributed by atoms with van der Waals surface area (Å²) in [7, 11) is 0. The summed E-state index contributed by atoms with van der Waals surface area (Å²) in [5.74, 6) is 0. The lowest BCUT2D eigenvalue weighted by Gasteiger charge is -2.30. The molecule has 1 nitrogen and oxygen atoms in total. The van der Waals surface area contributed by atoms with E-state index >= 15 is 0 Å². The molecule has 0 fully saturated rings. The number of fused-ring (bicyclic) bond motifs is 3. The minimum atomic E-state index is -0.0640. The van der Waals surface area contributed by atoms with Crippen LogP contribution in [0.3, 0.4) is 0 Å². The molecule has 0 atom stereocenters. The van der Waals surface area contributed by atoms with Crippen LogP contribution < -0.4 is 4.90 Å². The SMILES string of the molecule is CC1(C)c2ccccc2-c2cc(N(c3ccc(-c4ccccc4)cc3)c3cccc(-c4ccccc4)c3-c3ccc(-c4ccccc4)cc3)ccc21. The third-order valence-corrected chi connectivity index (χ3v) is 10.7. The molecule has 9 rings (SSSR count). The standard InChI is InChI=1S/C51H39N/c1-51(2)47-23-13-12-21-45(47)46-35-43(33-34-48(46)51)52(42-31-29-39(30-32-42)37-17-8-4-9-18-37)49-24-14-22-44(40-19-10-5-11-20-40)50(49)41-27-25-38(26-28-41)36-15-6-3-7-16-36/h3-35H,1-2H3. The predicted molar refractivity (Wildman–Crippen MR) is 220 cm³/mol. The minimum absolute atomic E-state index is 0.0640. The van der Waals surface area contributed by atoms with Crippen LogP contribution in [0, 0.1) is 0 Å². The lowest BCUT2D eigenvalue weighted by atomic mass is 9.82. The van der Waals surface area contributed by atoms with Gasteiger partial charge in [-0.25, -0.2) is 0 Å². The van der Waals surface area contributed by atoms with Gasteiger partial charge in [0.05, 0.1) is 5.69 Å². The highest BCUT2D eigenvalue weighted by Gasteiger charge is 2.35. The van der Waals surface area contributed by atoms with Crippen LogP contribution >= 0.6 is 0 Å². The number of hydrogen-bond donors (Lipinski definition) is 0. The zero-order valence-corrected chi connectivity index (χ0v) is 29.5. The molecular weight excluding hydrogens is 627 g/mol. The molecule has 0 bridgehead atoms. The van der Waals surface area contributed by atoms with Crippen LogP contribution in [0.2, 0.25) is 0 Å². The Labute approximate surface area is 307 Å². The maximum Gasteiger partial charge on any atom is 0.0546 e. The van der Waals surface area contributed by atoms with E-state index in [2.05, 4.69) is 219 Å². The van der Waals surface area contributed by atoms with Crippen LogP contribution in [-0.2, 0) is 5.41 Å². The number of anilines is 3. The van der Waals surface area contributed by atoms with E-state index in [1.54, 1.807) is 0 Å². The van der Waals surface area contributed by atoms with Gasteiger partial charge < -0.3 is 4.90 Å². The molecule has 8 aromatic rings. The highest BCUT2D eigenvalue weighted by Crippen LogP contribution is 2.52. The summed E-state index contributed by atoms with van der Waals surface area (Å²) >= 11 is 0. The van der Waals surface area contributed by atoms with Gasteiger partial charge in [0.2, 0.25) is 0 Å². The molecule has 0 spiro atoms. The van der Waals surface area contributed by atoms with Crippen molar-refractivity contribution in [2.24, 2.45) is 0 Å². The molecule has 0 saturated heterocycles.